The molecule has 3 nitrogen and oxygen atoms in total. The summed E-state index contributed by atoms with van der Waals surface area (Å²) in [6.07, 6.45) is 0. The van der Waals surface area contributed by atoms with E-state index in [0.717, 1.165) is 5.56 Å². The number of benzene rings is 1. The van der Waals surface area contributed by atoms with Crippen LogP contribution in [0.4, 0.5) is 0 Å². The van der Waals surface area contributed by atoms with Gasteiger partial charge in [-0.1, -0.05) is 41.4 Å². The second-order valence-electron chi connectivity index (χ2n) is 1.93. The molecule has 0 amide bonds. The Morgan fingerprint density at radius 2 is 1.75 bits per heavy atom. The van der Waals surface area contributed by atoms with Gasteiger partial charge in [0.2, 0.25) is 0 Å². The van der Waals surface area contributed by atoms with Gasteiger partial charge in [-0.05, 0) is 5.56 Å². The quantitative estimate of drug-likeness (QED) is 0.380. The predicted octanol–water partition coefficient (Wildman–Crippen LogP) is -2.75. The van der Waals surface area contributed by atoms with Gasteiger partial charge in [-0.15, -0.1) is 0 Å². The standard InChI is InChI=1S/C7H8O2S.Na.H2O/c8-10(9)6-7-4-2-1-3-5-7;;/h1-5H,6H2,(H,8,9);;1H2/q;+1;/p-1. The van der Waals surface area contributed by atoms with Crippen molar-refractivity contribution in [2.75, 3.05) is 0 Å². The molecule has 0 radical (unpaired) electrons. The molecular weight excluding hydrogens is 187 g/mol. The third-order valence-electron chi connectivity index (χ3n) is 1.13. The van der Waals surface area contributed by atoms with E-state index in [4.69, 9.17) is 0 Å². The Bertz CT molecular complexity index is 227. The van der Waals surface area contributed by atoms with Gasteiger partial charge in [0.25, 0.3) is 0 Å². The van der Waals surface area contributed by atoms with Gasteiger partial charge in [-0.3, -0.25) is 4.21 Å². The van der Waals surface area contributed by atoms with Gasteiger partial charge in [0.1, 0.15) is 0 Å². The smallest absolute Gasteiger partial charge is 0.772 e. The number of hydrogen-bond donors (Lipinski definition) is 0. The zero-order chi connectivity index (χ0) is 7.40. The molecule has 0 bridgehead atoms. The SMILES string of the molecule is O.O=S([O-])Cc1ccccc1.[Na+]. The molecule has 0 aliphatic rings. The molecule has 1 rings (SSSR count). The van der Waals surface area contributed by atoms with Crippen molar-refractivity contribution >= 4 is 11.1 Å². The van der Waals surface area contributed by atoms with Gasteiger partial charge in [0.15, 0.2) is 0 Å². The molecule has 0 heterocycles. The van der Waals surface area contributed by atoms with E-state index in [9.17, 15) is 8.76 Å². The minimum atomic E-state index is -1.97. The zero-order valence-electron chi connectivity index (χ0n) is 6.82. The van der Waals surface area contributed by atoms with Crippen LogP contribution in [0, 0.1) is 0 Å². The Hall–Kier alpha value is 0.290. The third kappa shape index (κ3) is 5.88. The summed E-state index contributed by atoms with van der Waals surface area (Å²) in [5.74, 6) is 0.112. The first-order valence-corrected chi connectivity index (χ1v) is 4.13. The second-order valence-corrected chi connectivity index (χ2v) is 2.83. The molecule has 0 fully saturated rings. The van der Waals surface area contributed by atoms with E-state index in [1.807, 2.05) is 18.2 Å². The fraction of sp³-hybridized carbons (Fsp3) is 0.143. The molecule has 0 aliphatic carbocycles. The van der Waals surface area contributed by atoms with Crippen LogP contribution in [0.3, 0.4) is 0 Å². The summed E-state index contributed by atoms with van der Waals surface area (Å²) in [4.78, 5) is 0. The third-order valence-corrected chi connectivity index (χ3v) is 1.70. The average Bonchev–Trinajstić information content (AvgIpc) is 1.88. The van der Waals surface area contributed by atoms with E-state index in [-0.39, 0.29) is 40.8 Å². The summed E-state index contributed by atoms with van der Waals surface area (Å²) in [7, 11) is 0. The molecule has 1 aromatic rings. The summed E-state index contributed by atoms with van der Waals surface area (Å²) in [6, 6.07) is 9.08. The van der Waals surface area contributed by atoms with Crippen LogP contribution < -0.4 is 29.6 Å². The van der Waals surface area contributed by atoms with Crippen molar-refractivity contribution in [2.45, 2.75) is 5.75 Å². The van der Waals surface area contributed by atoms with Gasteiger partial charge in [-0.2, -0.15) is 0 Å². The van der Waals surface area contributed by atoms with Crippen molar-refractivity contribution in [2.24, 2.45) is 0 Å². The Labute approximate surface area is 96.1 Å². The predicted molar refractivity (Wildman–Crippen MR) is 42.7 cm³/mol. The van der Waals surface area contributed by atoms with Crippen molar-refractivity contribution in [1.82, 2.24) is 0 Å². The Kier molecular flexibility index (Phi) is 9.76. The zero-order valence-corrected chi connectivity index (χ0v) is 9.64. The molecule has 5 heteroatoms. The van der Waals surface area contributed by atoms with Crippen molar-refractivity contribution in [1.29, 1.82) is 0 Å². The molecule has 0 aliphatic heterocycles. The van der Waals surface area contributed by atoms with Gasteiger partial charge in [0, 0.05) is 5.75 Å². The van der Waals surface area contributed by atoms with Crippen LogP contribution in [0.25, 0.3) is 0 Å². The first-order valence-electron chi connectivity index (χ1n) is 2.89. The minimum Gasteiger partial charge on any atom is -0.772 e. The first kappa shape index (κ1) is 14.8. The van der Waals surface area contributed by atoms with Crippen LogP contribution in [-0.2, 0) is 16.8 Å². The number of hydrogen-bond acceptors (Lipinski definition) is 2. The summed E-state index contributed by atoms with van der Waals surface area (Å²) in [5, 5.41) is 0. The molecule has 1 aromatic carbocycles. The largest absolute Gasteiger partial charge is 1.00 e. The van der Waals surface area contributed by atoms with E-state index in [1.54, 1.807) is 12.1 Å². The normalized spacial score (nSPS) is 10.8. The Morgan fingerprint density at radius 1 is 1.25 bits per heavy atom. The molecule has 0 saturated heterocycles. The maximum atomic E-state index is 10.2. The fourth-order valence-corrected chi connectivity index (χ4v) is 1.17. The maximum absolute atomic E-state index is 10.2. The summed E-state index contributed by atoms with van der Waals surface area (Å²) in [5.41, 5.74) is 0.829. The van der Waals surface area contributed by atoms with Gasteiger partial charge >= 0.3 is 29.6 Å². The van der Waals surface area contributed by atoms with Crippen molar-refractivity contribution < 1.29 is 43.8 Å². The molecule has 0 saturated carbocycles. The van der Waals surface area contributed by atoms with Crippen LogP contribution in [0.2, 0.25) is 0 Å². The van der Waals surface area contributed by atoms with Crippen molar-refractivity contribution in [3.05, 3.63) is 35.9 Å². The molecule has 1 atom stereocenters. The fourth-order valence-electron chi connectivity index (χ4n) is 0.710. The van der Waals surface area contributed by atoms with Crippen molar-refractivity contribution in [3.8, 4) is 0 Å². The van der Waals surface area contributed by atoms with E-state index < -0.39 is 11.1 Å². The van der Waals surface area contributed by atoms with Gasteiger partial charge in [0.05, 0.1) is 0 Å². The van der Waals surface area contributed by atoms with Gasteiger partial charge in [-0.25, -0.2) is 0 Å². The average molecular weight is 196 g/mol. The minimum absolute atomic E-state index is 0. The molecule has 12 heavy (non-hydrogen) atoms. The maximum Gasteiger partial charge on any atom is 1.00 e. The molecule has 0 spiro atoms. The molecule has 0 aromatic heterocycles. The Balaban J connectivity index is 0. The first-order chi connectivity index (χ1) is 4.79. The molecule has 2 N–H and O–H groups in total. The van der Waals surface area contributed by atoms with Crippen LogP contribution in [-0.4, -0.2) is 14.2 Å². The molecular formula is C7H9NaO3S. The van der Waals surface area contributed by atoms with Crippen LogP contribution >= 0.6 is 0 Å². The van der Waals surface area contributed by atoms with E-state index in [1.165, 1.54) is 0 Å². The van der Waals surface area contributed by atoms with Crippen LogP contribution in [0.1, 0.15) is 5.56 Å². The van der Waals surface area contributed by atoms with Crippen LogP contribution in [0.15, 0.2) is 30.3 Å². The monoisotopic (exact) mass is 196 g/mol. The topological polar surface area (TPSA) is 71.6 Å². The van der Waals surface area contributed by atoms with E-state index >= 15 is 0 Å². The van der Waals surface area contributed by atoms with E-state index in [0.29, 0.717) is 0 Å². The van der Waals surface area contributed by atoms with Crippen LogP contribution in [0.5, 0.6) is 0 Å². The van der Waals surface area contributed by atoms with Gasteiger partial charge < -0.3 is 10.0 Å². The van der Waals surface area contributed by atoms with Crippen molar-refractivity contribution in [3.63, 3.8) is 0 Å². The summed E-state index contributed by atoms with van der Waals surface area (Å²) >= 11 is -1.97. The number of rotatable bonds is 2. The summed E-state index contributed by atoms with van der Waals surface area (Å²) < 4.78 is 20.3. The molecule has 62 valence electrons. The Morgan fingerprint density at radius 3 is 2.17 bits per heavy atom. The summed E-state index contributed by atoms with van der Waals surface area (Å²) in [6.45, 7) is 0. The van der Waals surface area contributed by atoms with E-state index in [2.05, 4.69) is 0 Å². The second kappa shape index (κ2) is 7.91. The molecule has 1 unspecified atom stereocenters.